The Morgan fingerprint density at radius 1 is 0.221 bits per heavy atom. The highest BCUT2D eigenvalue weighted by atomic mass is 15.2. The van der Waals surface area contributed by atoms with Crippen LogP contribution >= 0.6 is 0 Å². The zero-order chi connectivity index (χ0) is 56.2. The molecule has 0 atom stereocenters. The first kappa shape index (κ1) is 47.5. The van der Waals surface area contributed by atoms with Gasteiger partial charge < -0.3 is 9.80 Å². The molecule has 0 unspecified atom stereocenters. The monoisotopic (exact) mass is 1090 g/mol. The first-order chi connectivity index (χ1) is 42.6. The third kappa shape index (κ3) is 6.74. The molecule has 0 N–H and O–H groups in total. The van der Waals surface area contributed by atoms with Crippen molar-refractivity contribution in [2.45, 2.75) is 5.41 Å². The summed E-state index contributed by atoms with van der Waals surface area (Å²) in [5.74, 6) is 0. The van der Waals surface area contributed by atoms with Gasteiger partial charge in [-0.2, -0.15) is 0 Å². The van der Waals surface area contributed by atoms with Gasteiger partial charge in [-0.3, -0.25) is 0 Å². The Kier molecular flexibility index (Phi) is 9.94. The molecular formula is C83H51BN2. The maximum atomic E-state index is 2.60. The Morgan fingerprint density at radius 3 is 1.01 bits per heavy atom. The highest BCUT2D eigenvalue weighted by Gasteiger charge is 2.52. The molecule has 0 amide bonds. The highest BCUT2D eigenvalue weighted by molar-refractivity contribution is 7.00. The van der Waals surface area contributed by atoms with Crippen molar-refractivity contribution in [1.29, 1.82) is 0 Å². The Balaban J connectivity index is 0.912. The molecule has 3 heteroatoms. The van der Waals surface area contributed by atoms with Crippen molar-refractivity contribution in [3.05, 3.63) is 332 Å². The van der Waals surface area contributed by atoms with Gasteiger partial charge in [0.15, 0.2) is 0 Å². The summed E-state index contributed by atoms with van der Waals surface area (Å²) >= 11 is 0. The van der Waals surface area contributed by atoms with Gasteiger partial charge >= 0.3 is 0 Å². The van der Waals surface area contributed by atoms with E-state index in [0.29, 0.717) is 0 Å². The number of rotatable bonds is 5. The first-order valence-corrected chi connectivity index (χ1v) is 30.1. The summed E-state index contributed by atoms with van der Waals surface area (Å²) in [6.07, 6.45) is 0. The van der Waals surface area contributed by atoms with E-state index in [1.54, 1.807) is 0 Å². The van der Waals surface area contributed by atoms with Crippen LogP contribution in [0.25, 0.3) is 98.7 Å². The quantitative estimate of drug-likeness (QED) is 0.125. The summed E-state index contributed by atoms with van der Waals surface area (Å²) in [7, 11) is 0. The molecule has 0 bridgehead atoms. The molecule has 86 heavy (non-hydrogen) atoms. The fourth-order valence-electron chi connectivity index (χ4n) is 15.7. The zero-order valence-corrected chi connectivity index (χ0v) is 46.9. The Morgan fingerprint density at radius 2 is 0.570 bits per heavy atom. The molecule has 2 aliphatic carbocycles. The van der Waals surface area contributed by atoms with E-state index in [1.807, 2.05) is 0 Å². The van der Waals surface area contributed by atoms with E-state index in [0.717, 1.165) is 16.9 Å². The van der Waals surface area contributed by atoms with Crippen molar-refractivity contribution in [2.24, 2.45) is 0 Å². The van der Waals surface area contributed by atoms with E-state index in [9.17, 15) is 0 Å². The normalized spacial score (nSPS) is 13.6. The van der Waals surface area contributed by atoms with Gasteiger partial charge in [-0.05, 0) is 216 Å². The Hall–Kier alpha value is -11.0. The van der Waals surface area contributed by atoms with E-state index in [-0.39, 0.29) is 6.71 Å². The molecule has 0 fully saturated rings. The first-order valence-electron chi connectivity index (χ1n) is 30.1. The Bertz CT molecular complexity index is 5080. The zero-order valence-electron chi connectivity index (χ0n) is 46.9. The number of hydrogen-bond acceptors (Lipinski definition) is 2. The van der Waals surface area contributed by atoms with Crippen molar-refractivity contribution in [1.82, 2.24) is 0 Å². The predicted octanol–water partition coefficient (Wildman–Crippen LogP) is 19.7. The minimum absolute atomic E-state index is 0.111. The van der Waals surface area contributed by atoms with Crippen LogP contribution in [-0.2, 0) is 5.41 Å². The summed E-state index contributed by atoms with van der Waals surface area (Å²) in [6.45, 7) is -0.111. The second-order valence-electron chi connectivity index (χ2n) is 23.9. The molecule has 15 aromatic carbocycles. The predicted molar refractivity (Wildman–Crippen MR) is 363 cm³/mol. The van der Waals surface area contributed by atoms with E-state index in [4.69, 9.17) is 0 Å². The molecule has 0 aromatic heterocycles. The lowest BCUT2D eigenvalue weighted by molar-refractivity contribution is 0.794. The van der Waals surface area contributed by atoms with Crippen molar-refractivity contribution in [2.75, 3.05) is 9.80 Å². The molecule has 0 saturated heterocycles. The third-order valence-electron chi connectivity index (χ3n) is 19.5. The number of nitrogens with zero attached hydrogens (tertiary/aromatic N) is 2. The average molecular weight is 1090 g/mol. The lowest BCUT2D eigenvalue weighted by Gasteiger charge is -2.45. The molecule has 4 aliphatic rings. The van der Waals surface area contributed by atoms with Gasteiger partial charge in [0.2, 0.25) is 0 Å². The average Bonchev–Trinajstić information content (AvgIpc) is 1.47. The number of fused-ring (bicyclic) bond motifs is 18. The second-order valence-corrected chi connectivity index (χ2v) is 23.9. The molecule has 396 valence electrons. The van der Waals surface area contributed by atoms with Crippen molar-refractivity contribution < 1.29 is 0 Å². The summed E-state index contributed by atoms with van der Waals surface area (Å²) < 4.78 is 0. The van der Waals surface area contributed by atoms with Crippen LogP contribution in [0, 0.1) is 0 Å². The Labute approximate surface area is 499 Å². The number of anilines is 6. The maximum Gasteiger partial charge on any atom is 0.252 e. The van der Waals surface area contributed by atoms with Crippen molar-refractivity contribution >= 4 is 100 Å². The van der Waals surface area contributed by atoms with Crippen LogP contribution in [0.15, 0.2) is 309 Å². The standard InChI is InChI=1S/C83H51BN2/c1-3-17-52(18-4-1)54-31-36-66(37-32-54)85-78-48-63-43-58-23-9-7-21-56(58)41-61(63)46-76(78)84-77-47-62-42-57-22-8-10-24-59(57)44-64(62)49-79(77)86(67-38-33-55(34-39-67)53-19-5-2-6-20-53)81-51-65(50-80(85)82(81)84)60-35-40-75-71(45-60)70-27-13-16-30-74(70)83(75)72-28-14-11-25-68(72)69-26-12-15-29-73(69)83/h1-51H. The van der Waals surface area contributed by atoms with E-state index < -0.39 is 5.41 Å². The van der Waals surface area contributed by atoms with Gasteiger partial charge in [0, 0.05) is 34.1 Å². The van der Waals surface area contributed by atoms with Crippen LogP contribution in [0.2, 0.25) is 0 Å². The van der Waals surface area contributed by atoms with E-state index in [1.165, 1.54) is 155 Å². The minimum Gasteiger partial charge on any atom is -0.311 e. The number of hydrogen-bond donors (Lipinski definition) is 0. The van der Waals surface area contributed by atoms with Gasteiger partial charge in [0.1, 0.15) is 0 Å². The second kappa shape index (κ2) is 18.0. The summed E-state index contributed by atoms with van der Waals surface area (Å²) in [5.41, 5.74) is 28.1. The molecule has 2 nitrogen and oxygen atoms in total. The molecule has 0 saturated carbocycles. The fraction of sp³-hybridized carbons (Fsp3) is 0.0120. The molecule has 2 aliphatic heterocycles. The van der Waals surface area contributed by atoms with Crippen LogP contribution in [0.3, 0.4) is 0 Å². The van der Waals surface area contributed by atoms with Crippen LogP contribution in [0.5, 0.6) is 0 Å². The molecule has 1 spiro atoms. The summed E-state index contributed by atoms with van der Waals surface area (Å²) in [6, 6.07) is 117. The summed E-state index contributed by atoms with van der Waals surface area (Å²) in [4.78, 5) is 5.19. The van der Waals surface area contributed by atoms with Crippen molar-refractivity contribution in [3.63, 3.8) is 0 Å². The minimum atomic E-state index is -0.437. The third-order valence-corrected chi connectivity index (χ3v) is 19.5. The summed E-state index contributed by atoms with van der Waals surface area (Å²) in [5, 5.41) is 9.86. The van der Waals surface area contributed by atoms with Gasteiger partial charge in [-0.15, -0.1) is 0 Å². The number of benzene rings is 15. The van der Waals surface area contributed by atoms with Gasteiger partial charge in [0.25, 0.3) is 6.71 Å². The molecule has 0 radical (unpaired) electrons. The van der Waals surface area contributed by atoms with Gasteiger partial charge in [-0.1, -0.05) is 231 Å². The van der Waals surface area contributed by atoms with Gasteiger partial charge in [-0.25, -0.2) is 0 Å². The van der Waals surface area contributed by atoms with Crippen LogP contribution < -0.4 is 26.2 Å². The van der Waals surface area contributed by atoms with Crippen LogP contribution in [-0.4, -0.2) is 6.71 Å². The molecule has 2 heterocycles. The largest absolute Gasteiger partial charge is 0.311 e. The van der Waals surface area contributed by atoms with Gasteiger partial charge in [0.05, 0.1) is 5.41 Å². The topological polar surface area (TPSA) is 6.48 Å². The van der Waals surface area contributed by atoms with Crippen LogP contribution in [0.4, 0.5) is 34.1 Å². The lowest BCUT2D eigenvalue weighted by atomic mass is 9.33. The van der Waals surface area contributed by atoms with E-state index in [2.05, 4.69) is 319 Å². The van der Waals surface area contributed by atoms with Crippen LogP contribution in [0.1, 0.15) is 22.3 Å². The molecular weight excluding hydrogens is 1040 g/mol. The smallest absolute Gasteiger partial charge is 0.252 e. The maximum absolute atomic E-state index is 2.60. The van der Waals surface area contributed by atoms with E-state index >= 15 is 0 Å². The highest BCUT2D eigenvalue weighted by Crippen LogP contribution is 2.63. The SMILES string of the molecule is c1ccc(-c2ccc(N3c4cc5cc6ccccc6cc5cc4B4c5cc6cc7ccccc7cc6cc5N(c5ccc(-c6ccccc6)cc5)c5cc(-c6ccc7c(c6)-c6ccccc6C76c7ccccc7-c7ccccc76)cc3c54)cc2)cc1. The molecule has 15 aromatic rings. The molecule has 19 rings (SSSR count). The van der Waals surface area contributed by atoms with Crippen molar-refractivity contribution in [3.8, 4) is 55.6 Å². The lowest BCUT2D eigenvalue weighted by Crippen LogP contribution is -2.61. The fourth-order valence-corrected chi connectivity index (χ4v) is 15.7.